The van der Waals surface area contributed by atoms with Crippen LogP contribution < -0.4 is 0 Å². The number of rotatable bonds is 4. The monoisotopic (exact) mass is 458 g/mol. The zero-order chi connectivity index (χ0) is 24.6. The van der Waals surface area contributed by atoms with Crippen LogP contribution in [0, 0.1) is 45.3 Å². The van der Waals surface area contributed by atoms with Crippen molar-refractivity contribution in [3.05, 3.63) is 11.6 Å². The van der Waals surface area contributed by atoms with Crippen LogP contribution in [0.25, 0.3) is 0 Å². The van der Waals surface area contributed by atoms with Gasteiger partial charge in [-0.25, -0.2) is 0 Å². The van der Waals surface area contributed by atoms with Crippen LogP contribution >= 0.6 is 0 Å². The molecule has 0 heterocycles. The quantitative estimate of drug-likeness (QED) is 0.460. The van der Waals surface area contributed by atoms with Crippen LogP contribution in [-0.2, 0) is 4.79 Å². The van der Waals surface area contributed by atoms with Gasteiger partial charge in [0.15, 0.2) is 0 Å². The summed E-state index contributed by atoms with van der Waals surface area (Å²) in [5.74, 6) is 1.57. The SMILES string of the molecule is CC(C)=CCC[C@](C)(O)[C@H]1CC[C@]2(C)[C@@H]1[C@H](O)C[C@@H]1[C@@]3(C)CCC(=O)C(C)(C)[C@@H]3CC[C@]12C. The predicted molar refractivity (Wildman–Crippen MR) is 135 cm³/mol. The highest BCUT2D eigenvalue weighted by molar-refractivity contribution is 5.85. The van der Waals surface area contributed by atoms with Gasteiger partial charge in [-0.05, 0) is 112 Å². The number of fused-ring (bicyclic) bond motifs is 5. The Morgan fingerprint density at radius 3 is 2.30 bits per heavy atom. The molecule has 33 heavy (non-hydrogen) atoms. The van der Waals surface area contributed by atoms with E-state index in [9.17, 15) is 15.0 Å². The van der Waals surface area contributed by atoms with Crippen LogP contribution in [0.4, 0.5) is 0 Å². The number of hydrogen-bond acceptors (Lipinski definition) is 3. The topological polar surface area (TPSA) is 57.5 Å². The molecule has 4 rings (SSSR count). The minimum Gasteiger partial charge on any atom is -0.393 e. The average Bonchev–Trinajstić information content (AvgIpc) is 3.08. The zero-order valence-electron chi connectivity index (χ0n) is 22.6. The zero-order valence-corrected chi connectivity index (χ0v) is 22.6. The molecule has 4 fully saturated rings. The minimum absolute atomic E-state index is 0.0279. The fraction of sp³-hybridized carbons (Fsp3) is 0.900. The molecule has 0 amide bonds. The van der Waals surface area contributed by atoms with Crippen molar-refractivity contribution in [1.82, 2.24) is 0 Å². The van der Waals surface area contributed by atoms with Crippen molar-refractivity contribution >= 4 is 5.78 Å². The third-order valence-electron chi connectivity index (χ3n) is 12.1. The van der Waals surface area contributed by atoms with Gasteiger partial charge >= 0.3 is 0 Å². The second kappa shape index (κ2) is 7.92. The van der Waals surface area contributed by atoms with Crippen LogP contribution in [0.3, 0.4) is 0 Å². The summed E-state index contributed by atoms with van der Waals surface area (Å²) in [7, 11) is 0. The highest BCUT2D eigenvalue weighted by atomic mass is 16.3. The van der Waals surface area contributed by atoms with Crippen molar-refractivity contribution in [3.63, 3.8) is 0 Å². The van der Waals surface area contributed by atoms with E-state index in [1.165, 1.54) is 5.57 Å². The fourth-order valence-electron chi connectivity index (χ4n) is 10.1. The second-order valence-corrected chi connectivity index (χ2v) is 14.3. The van der Waals surface area contributed by atoms with Crippen molar-refractivity contribution in [3.8, 4) is 0 Å². The molecule has 2 N–H and O–H groups in total. The summed E-state index contributed by atoms with van der Waals surface area (Å²) in [6.45, 7) is 18.0. The van der Waals surface area contributed by atoms with Crippen LogP contribution in [-0.4, -0.2) is 27.7 Å². The van der Waals surface area contributed by atoms with Gasteiger partial charge in [-0.15, -0.1) is 0 Å². The molecule has 0 radical (unpaired) electrons. The number of hydrogen-bond donors (Lipinski definition) is 2. The maximum Gasteiger partial charge on any atom is 0.138 e. The first-order valence-corrected chi connectivity index (χ1v) is 13.7. The smallest absolute Gasteiger partial charge is 0.138 e. The van der Waals surface area contributed by atoms with Crippen LogP contribution in [0.15, 0.2) is 11.6 Å². The summed E-state index contributed by atoms with van der Waals surface area (Å²) in [5, 5.41) is 23.4. The highest BCUT2D eigenvalue weighted by Gasteiger charge is 2.71. The lowest BCUT2D eigenvalue weighted by molar-refractivity contribution is -0.232. The molecule has 0 bridgehead atoms. The van der Waals surface area contributed by atoms with E-state index in [1.807, 2.05) is 6.92 Å². The van der Waals surface area contributed by atoms with Crippen molar-refractivity contribution < 1.29 is 15.0 Å². The number of carbonyl (C=O) groups excluding carboxylic acids is 1. The van der Waals surface area contributed by atoms with Crippen molar-refractivity contribution in [2.45, 2.75) is 125 Å². The molecule has 4 aliphatic carbocycles. The summed E-state index contributed by atoms with van der Waals surface area (Å²) in [5.41, 5.74) is 0.560. The van der Waals surface area contributed by atoms with Gasteiger partial charge in [0.05, 0.1) is 11.7 Å². The molecule has 0 saturated heterocycles. The first-order valence-electron chi connectivity index (χ1n) is 13.7. The van der Waals surface area contributed by atoms with Crippen molar-refractivity contribution in [1.29, 1.82) is 0 Å². The van der Waals surface area contributed by atoms with Gasteiger partial charge in [-0.1, -0.05) is 46.3 Å². The van der Waals surface area contributed by atoms with E-state index in [2.05, 4.69) is 54.5 Å². The molecule has 4 saturated carbocycles. The summed E-state index contributed by atoms with van der Waals surface area (Å²) in [4.78, 5) is 12.9. The third-order valence-corrected chi connectivity index (χ3v) is 12.1. The number of ketones is 1. The Morgan fingerprint density at radius 1 is 1.03 bits per heavy atom. The molecule has 3 heteroatoms. The largest absolute Gasteiger partial charge is 0.393 e. The Balaban J connectivity index is 1.67. The van der Waals surface area contributed by atoms with Crippen LogP contribution in [0.2, 0.25) is 0 Å². The summed E-state index contributed by atoms with van der Waals surface area (Å²) in [6.07, 6.45) is 10.4. The Morgan fingerprint density at radius 2 is 1.67 bits per heavy atom. The first-order chi connectivity index (χ1) is 15.1. The first kappa shape index (κ1) is 25.4. The van der Waals surface area contributed by atoms with Gasteiger partial charge < -0.3 is 10.2 Å². The predicted octanol–water partition coefficient (Wildman–Crippen LogP) is 6.71. The number of aliphatic hydroxyl groups is 2. The molecule has 0 aromatic carbocycles. The number of allylic oxidation sites excluding steroid dienone is 2. The van der Waals surface area contributed by atoms with E-state index < -0.39 is 5.60 Å². The maximum absolute atomic E-state index is 12.9. The summed E-state index contributed by atoms with van der Waals surface area (Å²) >= 11 is 0. The third kappa shape index (κ3) is 3.53. The molecule has 3 nitrogen and oxygen atoms in total. The van der Waals surface area contributed by atoms with Gasteiger partial charge in [0.1, 0.15) is 5.78 Å². The highest BCUT2D eigenvalue weighted by Crippen LogP contribution is 2.75. The lowest BCUT2D eigenvalue weighted by Crippen LogP contribution is -2.66. The standard InChI is InChI=1S/C30H50O3/c1-19(2)10-9-14-30(8,33)20-11-16-29(7)25(20)21(31)18-23-27(5)15-13-24(32)26(3,4)22(27)12-17-28(23,29)6/h10,20-23,25,31,33H,9,11-18H2,1-8H3/t20-,21+,22-,23+,25-,27-,28+,29+,30-/m0/s1. The van der Waals surface area contributed by atoms with Gasteiger partial charge in [0, 0.05) is 11.8 Å². The average molecular weight is 459 g/mol. The Hall–Kier alpha value is -0.670. The number of Topliss-reactive ketones (excluding diaryl/α,β-unsaturated/α-hetero) is 1. The van der Waals surface area contributed by atoms with Gasteiger partial charge in [-0.2, -0.15) is 0 Å². The Kier molecular flexibility index (Phi) is 6.10. The van der Waals surface area contributed by atoms with Crippen molar-refractivity contribution in [2.75, 3.05) is 0 Å². The van der Waals surface area contributed by atoms with E-state index in [1.54, 1.807) is 0 Å². The van der Waals surface area contributed by atoms with E-state index in [0.29, 0.717) is 24.0 Å². The molecular formula is C30H50O3. The maximum atomic E-state index is 12.9. The molecule has 0 aromatic rings. The van der Waals surface area contributed by atoms with Crippen LogP contribution in [0.5, 0.6) is 0 Å². The van der Waals surface area contributed by atoms with E-state index >= 15 is 0 Å². The van der Waals surface area contributed by atoms with Gasteiger partial charge in [0.2, 0.25) is 0 Å². The summed E-state index contributed by atoms with van der Waals surface area (Å²) < 4.78 is 0. The molecule has 0 aliphatic heterocycles. The Labute approximate surface area is 202 Å². The van der Waals surface area contributed by atoms with Crippen LogP contribution in [0.1, 0.15) is 113 Å². The molecule has 0 unspecified atom stereocenters. The van der Waals surface area contributed by atoms with E-state index in [4.69, 9.17) is 0 Å². The van der Waals surface area contributed by atoms with Gasteiger partial charge in [-0.3, -0.25) is 4.79 Å². The fourth-order valence-corrected chi connectivity index (χ4v) is 10.1. The molecule has 0 aromatic heterocycles. The molecule has 9 atom stereocenters. The number of aliphatic hydroxyl groups excluding tert-OH is 1. The van der Waals surface area contributed by atoms with E-state index in [-0.39, 0.29) is 39.6 Å². The summed E-state index contributed by atoms with van der Waals surface area (Å²) in [6, 6.07) is 0. The van der Waals surface area contributed by atoms with Crippen molar-refractivity contribution in [2.24, 2.45) is 45.3 Å². The lowest BCUT2D eigenvalue weighted by atomic mass is 9.35. The molecular weight excluding hydrogens is 408 g/mol. The number of carbonyl (C=O) groups is 1. The van der Waals surface area contributed by atoms with Gasteiger partial charge in [0.25, 0.3) is 0 Å². The minimum atomic E-state index is -0.751. The second-order valence-electron chi connectivity index (χ2n) is 14.3. The normalized spacial score (nSPS) is 48.3. The van der Waals surface area contributed by atoms with E-state index in [0.717, 1.165) is 51.4 Å². The Bertz CT molecular complexity index is 820. The molecule has 188 valence electrons. The molecule has 0 spiro atoms. The molecule has 4 aliphatic rings. The lowest BCUT2D eigenvalue weighted by Gasteiger charge is -2.69.